The normalized spacial score (nSPS) is 15.8. The van der Waals surface area contributed by atoms with Crippen molar-refractivity contribution in [2.45, 2.75) is 6.54 Å². The Bertz CT molecular complexity index is 737. The Morgan fingerprint density at radius 2 is 2.05 bits per heavy atom. The molecule has 0 unspecified atom stereocenters. The Balaban J connectivity index is 1.89. The monoisotopic (exact) mass is 265 g/mol. The number of anilines is 1. The highest BCUT2D eigenvalue weighted by Crippen LogP contribution is 2.29. The van der Waals surface area contributed by atoms with Crippen molar-refractivity contribution in [1.29, 1.82) is 0 Å². The predicted molar refractivity (Wildman–Crippen MR) is 76.0 cm³/mol. The topological polar surface area (TPSA) is 52.6 Å². The molecule has 2 aliphatic rings. The van der Waals surface area contributed by atoms with Crippen LogP contribution in [0.25, 0.3) is 11.6 Å². The van der Waals surface area contributed by atoms with Crippen LogP contribution in [0.3, 0.4) is 0 Å². The lowest BCUT2D eigenvalue weighted by Crippen LogP contribution is -2.40. The maximum absolute atomic E-state index is 10.2. The fourth-order valence-corrected chi connectivity index (χ4v) is 2.62. The molecule has 0 radical (unpaired) electrons. The van der Waals surface area contributed by atoms with Gasteiger partial charge in [-0.2, -0.15) is 0 Å². The second kappa shape index (κ2) is 4.25. The minimum atomic E-state index is 0.435. The van der Waals surface area contributed by atoms with E-state index in [4.69, 9.17) is 0 Å². The van der Waals surface area contributed by atoms with Crippen molar-refractivity contribution in [3.63, 3.8) is 0 Å². The molecular formula is C15H13N4O+. The molecule has 0 atom stereocenters. The molecule has 0 saturated carbocycles. The van der Waals surface area contributed by atoms with Crippen LogP contribution >= 0.6 is 0 Å². The molecule has 0 saturated heterocycles. The van der Waals surface area contributed by atoms with E-state index in [0.717, 1.165) is 22.6 Å². The Labute approximate surface area is 116 Å². The first-order valence-corrected chi connectivity index (χ1v) is 6.51. The van der Waals surface area contributed by atoms with Gasteiger partial charge in [0.1, 0.15) is 6.20 Å². The number of benzene rings is 1. The molecule has 2 aromatic rings. The zero-order chi connectivity index (χ0) is 13.5. The second-order valence-corrected chi connectivity index (χ2v) is 4.84. The summed E-state index contributed by atoms with van der Waals surface area (Å²) >= 11 is 0. The van der Waals surface area contributed by atoms with Gasteiger partial charge in [0.05, 0.1) is 6.54 Å². The molecule has 1 aromatic heterocycles. The number of aromatic nitrogens is 2. The molecule has 20 heavy (non-hydrogen) atoms. The summed E-state index contributed by atoms with van der Waals surface area (Å²) in [5, 5.41) is 11.4. The van der Waals surface area contributed by atoms with Gasteiger partial charge in [0.15, 0.2) is 18.5 Å². The van der Waals surface area contributed by atoms with Gasteiger partial charge in [-0.25, -0.2) is 14.6 Å². The molecule has 5 heteroatoms. The molecule has 1 N–H and O–H groups in total. The highest BCUT2D eigenvalue weighted by molar-refractivity contribution is 5.87. The van der Waals surface area contributed by atoms with Crippen molar-refractivity contribution in [3.8, 4) is 0 Å². The second-order valence-electron chi connectivity index (χ2n) is 4.84. The van der Waals surface area contributed by atoms with Gasteiger partial charge in [-0.1, -0.05) is 30.3 Å². The number of hydrogen-bond donors (Lipinski definition) is 1. The number of nitrogens with zero attached hydrogens (tertiary/aromatic N) is 4. The largest absolute Gasteiger partial charge is 0.342 e. The minimum absolute atomic E-state index is 0.435. The van der Waals surface area contributed by atoms with Crippen molar-refractivity contribution in [2.24, 2.45) is 4.99 Å². The van der Waals surface area contributed by atoms with Gasteiger partial charge in [-0.3, -0.25) is 5.21 Å². The summed E-state index contributed by atoms with van der Waals surface area (Å²) in [6, 6.07) is 10.1. The molecule has 4 rings (SSSR count). The van der Waals surface area contributed by atoms with Crippen LogP contribution in [-0.4, -0.2) is 23.0 Å². The number of hydroxylamine groups is 1. The molecule has 0 spiro atoms. The molecular weight excluding hydrogens is 252 g/mol. The van der Waals surface area contributed by atoms with Crippen LogP contribution < -0.4 is 9.63 Å². The fourth-order valence-electron chi connectivity index (χ4n) is 2.62. The number of aliphatic imine (C=N–C) groups is 1. The van der Waals surface area contributed by atoms with Crippen molar-refractivity contribution in [1.82, 2.24) is 4.98 Å². The number of fused-ring (bicyclic) bond motifs is 3. The zero-order valence-electron chi connectivity index (χ0n) is 10.8. The summed E-state index contributed by atoms with van der Waals surface area (Å²) < 4.78 is 2.05. The van der Waals surface area contributed by atoms with E-state index in [2.05, 4.69) is 16.1 Å². The molecule has 0 amide bonds. The van der Waals surface area contributed by atoms with Gasteiger partial charge in [0.2, 0.25) is 5.82 Å². The van der Waals surface area contributed by atoms with Gasteiger partial charge in [-0.15, -0.1) is 0 Å². The van der Waals surface area contributed by atoms with Crippen LogP contribution in [0.1, 0.15) is 11.3 Å². The van der Waals surface area contributed by atoms with Crippen LogP contribution in [0.4, 0.5) is 11.6 Å². The quantitative estimate of drug-likeness (QED) is 0.800. The molecule has 2 aliphatic heterocycles. The molecule has 5 nitrogen and oxygen atoms in total. The van der Waals surface area contributed by atoms with Crippen molar-refractivity contribution in [2.75, 3.05) is 11.6 Å². The van der Waals surface area contributed by atoms with Crippen LogP contribution in [0.5, 0.6) is 0 Å². The third-order valence-electron chi connectivity index (χ3n) is 3.61. The average molecular weight is 265 g/mol. The molecule has 1 aromatic carbocycles. The van der Waals surface area contributed by atoms with Gasteiger partial charge in [-0.05, 0) is 22.2 Å². The summed E-state index contributed by atoms with van der Waals surface area (Å²) in [5.41, 5.74) is 3.07. The molecule has 3 heterocycles. The average Bonchev–Trinajstić information content (AvgIpc) is 2.97. The molecule has 0 bridgehead atoms. The molecule has 0 aliphatic carbocycles. The lowest BCUT2D eigenvalue weighted by Gasteiger charge is -2.24. The van der Waals surface area contributed by atoms with Gasteiger partial charge >= 0.3 is 5.82 Å². The SMILES string of the molecule is ON1CC(c2ccccc2)=Cc2c1ncc1[n+]2CC=N1. The minimum Gasteiger partial charge on any atom is -0.287 e. The van der Waals surface area contributed by atoms with Gasteiger partial charge in [0.25, 0.3) is 0 Å². The van der Waals surface area contributed by atoms with E-state index in [9.17, 15) is 5.21 Å². The first kappa shape index (κ1) is 11.3. The van der Waals surface area contributed by atoms with Gasteiger partial charge in [0, 0.05) is 0 Å². The Morgan fingerprint density at radius 3 is 2.90 bits per heavy atom. The highest BCUT2D eigenvalue weighted by Gasteiger charge is 2.28. The van der Waals surface area contributed by atoms with Crippen molar-refractivity contribution >= 4 is 29.5 Å². The Kier molecular flexibility index (Phi) is 2.40. The lowest BCUT2D eigenvalue weighted by molar-refractivity contribution is -0.665. The first-order valence-electron chi connectivity index (χ1n) is 6.51. The standard InChI is InChI=1S/C15H13N4O/c20-19-10-12(11-4-2-1-3-5-11)8-13-15(19)17-9-14-16-6-7-18(13)14/h1-6,8-9,20H,7,10H2/q+1. The molecule has 98 valence electrons. The smallest absolute Gasteiger partial charge is 0.287 e. The van der Waals surface area contributed by atoms with E-state index < -0.39 is 0 Å². The van der Waals surface area contributed by atoms with Crippen LogP contribution in [0, 0.1) is 0 Å². The van der Waals surface area contributed by atoms with Crippen LogP contribution in [0.15, 0.2) is 41.5 Å². The van der Waals surface area contributed by atoms with E-state index >= 15 is 0 Å². The van der Waals surface area contributed by atoms with E-state index in [1.807, 2.05) is 41.1 Å². The predicted octanol–water partition coefficient (Wildman–Crippen LogP) is 1.83. The summed E-state index contributed by atoms with van der Waals surface area (Å²) in [6.07, 6.45) is 5.62. The lowest BCUT2D eigenvalue weighted by atomic mass is 10.0. The number of hydrogen-bond acceptors (Lipinski definition) is 4. The Hall–Kier alpha value is -2.53. The summed E-state index contributed by atoms with van der Waals surface area (Å²) in [5.74, 6) is 1.40. The maximum Gasteiger partial charge on any atom is 0.342 e. The van der Waals surface area contributed by atoms with E-state index in [-0.39, 0.29) is 0 Å². The van der Waals surface area contributed by atoms with Crippen LogP contribution in [0.2, 0.25) is 0 Å². The summed E-state index contributed by atoms with van der Waals surface area (Å²) in [4.78, 5) is 8.57. The third-order valence-corrected chi connectivity index (χ3v) is 3.61. The first-order chi connectivity index (χ1) is 9.83. The third kappa shape index (κ3) is 1.64. The van der Waals surface area contributed by atoms with E-state index in [0.29, 0.717) is 18.9 Å². The highest BCUT2D eigenvalue weighted by atomic mass is 16.5. The van der Waals surface area contributed by atoms with E-state index in [1.54, 1.807) is 6.20 Å². The van der Waals surface area contributed by atoms with Crippen LogP contribution in [-0.2, 0) is 6.54 Å². The summed E-state index contributed by atoms with van der Waals surface area (Å²) in [6.45, 7) is 1.15. The zero-order valence-corrected chi connectivity index (χ0v) is 10.8. The molecule has 0 fully saturated rings. The Morgan fingerprint density at radius 1 is 1.20 bits per heavy atom. The van der Waals surface area contributed by atoms with Crippen molar-refractivity contribution < 1.29 is 9.77 Å². The number of rotatable bonds is 1. The van der Waals surface area contributed by atoms with E-state index in [1.165, 1.54) is 5.06 Å². The maximum atomic E-state index is 10.2. The van der Waals surface area contributed by atoms with Crippen molar-refractivity contribution in [3.05, 3.63) is 47.8 Å². The van der Waals surface area contributed by atoms with Gasteiger partial charge < -0.3 is 0 Å². The fraction of sp³-hybridized carbons (Fsp3) is 0.133. The summed E-state index contributed by atoms with van der Waals surface area (Å²) in [7, 11) is 0.